The maximum absolute atomic E-state index is 12.3. The van der Waals surface area contributed by atoms with Gasteiger partial charge in [-0.05, 0) is 49.2 Å². The third-order valence-electron chi connectivity index (χ3n) is 4.22. The molecule has 0 aromatic heterocycles. The van der Waals surface area contributed by atoms with E-state index in [0.717, 1.165) is 11.1 Å². The number of nitrogens with zero attached hydrogens (tertiary/aromatic N) is 1. The fourth-order valence-electron chi connectivity index (χ4n) is 2.53. The molecule has 2 aromatic carbocycles. The summed E-state index contributed by atoms with van der Waals surface area (Å²) in [4.78, 5) is 14.3. The summed E-state index contributed by atoms with van der Waals surface area (Å²) in [6.45, 7) is 2.62. The largest absolute Gasteiger partial charge is 0.341 e. The van der Waals surface area contributed by atoms with Crippen molar-refractivity contribution in [2.45, 2.75) is 31.2 Å². The van der Waals surface area contributed by atoms with Crippen molar-refractivity contribution >= 4 is 15.9 Å². The minimum atomic E-state index is -3.42. The Balaban J connectivity index is 1.92. The number of rotatable bonds is 7. The first kappa shape index (κ1) is 19.1. The SMILES string of the molecule is CNS(=O)(=O)c1ccc(CCC(=O)N(C)Cc2ccccc2C)cc1. The number of hydrogen-bond donors (Lipinski definition) is 1. The topological polar surface area (TPSA) is 66.5 Å². The minimum Gasteiger partial charge on any atom is -0.341 e. The Morgan fingerprint density at radius 3 is 2.32 bits per heavy atom. The van der Waals surface area contributed by atoms with E-state index in [9.17, 15) is 13.2 Å². The second kappa shape index (κ2) is 8.27. The Labute approximate surface area is 149 Å². The molecule has 0 radical (unpaired) electrons. The van der Waals surface area contributed by atoms with Gasteiger partial charge in [-0.1, -0.05) is 36.4 Å². The lowest BCUT2D eigenvalue weighted by molar-refractivity contribution is -0.130. The van der Waals surface area contributed by atoms with Crippen LogP contribution in [0.25, 0.3) is 0 Å². The molecule has 0 fully saturated rings. The lowest BCUT2D eigenvalue weighted by Gasteiger charge is -2.18. The summed E-state index contributed by atoms with van der Waals surface area (Å²) in [6, 6.07) is 14.6. The Hall–Kier alpha value is -2.18. The summed E-state index contributed by atoms with van der Waals surface area (Å²) in [5.74, 6) is 0.0650. The van der Waals surface area contributed by atoms with Gasteiger partial charge in [0, 0.05) is 20.0 Å². The van der Waals surface area contributed by atoms with Crippen LogP contribution in [0.5, 0.6) is 0 Å². The Kier molecular flexibility index (Phi) is 6.33. The molecular weight excluding hydrogens is 336 g/mol. The van der Waals surface area contributed by atoms with E-state index in [1.165, 1.54) is 12.6 Å². The van der Waals surface area contributed by atoms with Gasteiger partial charge in [-0.15, -0.1) is 0 Å². The van der Waals surface area contributed by atoms with Crippen LogP contribution in [0.1, 0.15) is 23.1 Å². The molecular formula is C19H24N2O3S. The van der Waals surface area contributed by atoms with Gasteiger partial charge < -0.3 is 4.90 Å². The van der Waals surface area contributed by atoms with E-state index in [1.54, 1.807) is 36.2 Å². The lowest BCUT2D eigenvalue weighted by Crippen LogP contribution is -2.26. The quantitative estimate of drug-likeness (QED) is 0.825. The maximum Gasteiger partial charge on any atom is 0.240 e. The highest BCUT2D eigenvalue weighted by atomic mass is 32.2. The summed E-state index contributed by atoms with van der Waals surface area (Å²) in [5, 5.41) is 0. The number of carbonyl (C=O) groups excluding carboxylic acids is 1. The molecule has 0 atom stereocenters. The number of aryl methyl sites for hydroxylation is 2. The smallest absolute Gasteiger partial charge is 0.240 e. The monoisotopic (exact) mass is 360 g/mol. The van der Waals surface area contributed by atoms with Crippen molar-refractivity contribution in [1.29, 1.82) is 0 Å². The van der Waals surface area contributed by atoms with Gasteiger partial charge in [0.15, 0.2) is 0 Å². The zero-order valence-corrected chi connectivity index (χ0v) is 15.6. The zero-order valence-electron chi connectivity index (χ0n) is 14.8. The first-order chi connectivity index (χ1) is 11.8. The van der Waals surface area contributed by atoms with E-state index < -0.39 is 10.0 Å². The molecule has 0 heterocycles. The van der Waals surface area contributed by atoms with Gasteiger partial charge in [-0.3, -0.25) is 4.79 Å². The summed E-state index contributed by atoms with van der Waals surface area (Å²) >= 11 is 0. The van der Waals surface area contributed by atoms with E-state index >= 15 is 0 Å². The van der Waals surface area contributed by atoms with Gasteiger partial charge in [-0.25, -0.2) is 13.1 Å². The number of nitrogens with one attached hydrogen (secondary N) is 1. The van der Waals surface area contributed by atoms with Crippen LogP contribution in [0, 0.1) is 6.92 Å². The molecule has 1 N–H and O–H groups in total. The first-order valence-corrected chi connectivity index (χ1v) is 9.63. The van der Waals surface area contributed by atoms with Gasteiger partial charge in [0.05, 0.1) is 4.90 Å². The third-order valence-corrected chi connectivity index (χ3v) is 5.65. The fraction of sp³-hybridized carbons (Fsp3) is 0.316. The molecule has 2 rings (SSSR count). The average molecular weight is 360 g/mol. The van der Waals surface area contributed by atoms with Crippen LogP contribution in [0.3, 0.4) is 0 Å². The molecule has 5 nitrogen and oxygen atoms in total. The Morgan fingerprint density at radius 2 is 1.72 bits per heavy atom. The van der Waals surface area contributed by atoms with Gasteiger partial charge in [0.1, 0.15) is 0 Å². The van der Waals surface area contributed by atoms with Crippen molar-refractivity contribution < 1.29 is 13.2 Å². The highest BCUT2D eigenvalue weighted by molar-refractivity contribution is 7.89. The van der Waals surface area contributed by atoms with E-state index in [0.29, 0.717) is 19.4 Å². The summed E-state index contributed by atoms with van der Waals surface area (Å²) < 4.78 is 25.7. The van der Waals surface area contributed by atoms with Crippen molar-refractivity contribution in [2.24, 2.45) is 0 Å². The number of amides is 1. The second-order valence-electron chi connectivity index (χ2n) is 6.03. The fourth-order valence-corrected chi connectivity index (χ4v) is 3.26. The predicted molar refractivity (Wildman–Crippen MR) is 98.7 cm³/mol. The summed E-state index contributed by atoms with van der Waals surface area (Å²) in [6.07, 6.45) is 0.970. The van der Waals surface area contributed by atoms with E-state index in [-0.39, 0.29) is 10.8 Å². The Bertz CT molecular complexity index is 830. The molecule has 0 saturated heterocycles. The number of carbonyl (C=O) groups is 1. The molecule has 134 valence electrons. The molecule has 25 heavy (non-hydrogen) atoms. The summed E-state index contributed by atoms with van der Waals surface area (Å²) in [7, 11) is -0.239. The molecule has 0 bridgehead atoms. The molecule has 0 aliphatic rings. The van der Waals surface area contributed by atoms with E-state index in [2.05, 4.69) is 4.72 Å². The van der Waals surface area contributed by atoms with Crippen LogP contribution in [0.15, 0.2) is 53.4 Å². The first-order valence-electron chi connectivity index (χ1n) is 8.14. The highest BCUT2D eigenvalue weighted by Gasteiger charge is 2.12. The number of hydrogen-bond acceptors (Lipinski definition) is 3. The zero-order chi connectivity index (χ0) is 18.4. The molecule has 0 unspecified atom stereocenters. The van der Waals surface area contributed by atoms with Crippen LogP contribution in [-0.4, -0.2) is 33.3 Å². The van der Waals surface area contributed by atoms with Crippen LogP contribution in [-0.2, 0) is 27.8 Å². The normalized spacial score (nSPS) is 11.3. The molecule has 0 saturated carbocycles. The van der Waals surface area contributed by atoms with Crippen molar-refractivity contribution in [3.8, 4) is 0 Å². The van der Waals surface area contributed by atoms with Gasteiger partial charge in [0.25, 0.3) is 0 Å². The average Bonchev–Trinajstić information content (AvgIpc) is 2.61. The van der Waals surface area contributed by atoms with Crippen LogP contribution in [0.2, 0.25) is 0 Å². The van der Waals surface area contributed by atoms with Gasteiger partial charge in [0.2, 0.25) is 15.9 Å². The maximum atomic E-state index is 12.3. The van der Waals surface area contributed by atoms with Crippen LogP contribution in [0.4, 0.5) is 0 Å². The van der Waals surface area contributed by atoms with Crippen molar-refractivity contribution in [3.63, 3.8) is 0 Å². The summed E-state index contributed by atoms with van der Waals surface area (Å²) in [5.41, 5.74) is 3.25. The minimum absolute atomic E-state index is 0.0650. The van der Waals surface area contributed by atoms with Crippen LogP contribution < -0.4 is 4.72 Å². The van der Waals surface area contributed by atoms with Crippen molar-refractivity contribution in [1.82, 2.24) is 9.62 Å². The molecule has 0 aliphatic carbocycles. The molecule has 0 spiro atoms. The molecule has 2 aromatic rings. The second-order valence-corrected chi connectivity index (χ2v) is 7.91. The van der Waals surface area contributed by atoms with Crippen LogP contribution >= 0.6 is 0 Å². The van der Waals surface area contributed by atoms with Crippen molar-refractivity contribution in [3.05, 3.63) is 65.2 Å². The Morgan fingerprint density at radius 1 is 1.08 bits per heavy atom. The number of sulfonamides is 1. The number of benzene rings is 2. The predicted octanol–water partition coefficient (Wildman–Crippen LogP) is 2.49. The van der Waals surface area contributed by atoms with E-state index in [1.807, 2.05) is 31.2 Å². The third kappa shape index (κ3) is 5.14. The van der Waals surface area contributed by atoms with Gasteiger partial charge >= 0.3 is 0 Å². The molecule has 6 heteroatoms. The lowest BCUT2D eigenvalue weighted by atomic mass is 10.1. The van der Waals surface area contributed by atoms with E-state index in [4.69, 9.17) is 0 Å². The molecule has 0 aliphatic heterocycles. The van der Waals surface area contributed by atoms with Gasteiger partial charge in [-0.2, -0.15) is 0 Å². The standard InChI is InChI=1S/C19H24N2O3S/c1-15-6-4-5-7-17(15)14-21(3)19(22)13-10-16-8-11-18(12-9-16)25(23,24)20-2/h4-9,11-12,20H,10,13-14H2,1-3H3. The molecule has 1 amide bonds. The van der Waals surface area contributed by atoms with Crippen molar-refractivity contribution in [2.75, 3.05) is 14.1 Å². The highest BCUT2D eigenvalue weighted by Crippen LogP contribution is 2.13.